The second kappa shape index (κ2) is 5.04. The Morgan fingerprint density at radius 3 is 1.81 bits per heavy atom. The molecule has 3 aromatic carbocycles. The van der Waals surface area contributed by atoms with Gasteiger partial charge in [0.1, 0.15) is 0 Å². The summed E-state index contributed by atoms with van der Waals surface area (Å²) in [6.45, 7) is 0. The minimum Gasteiger partial charge on any atom is -0.393 e. The van der Waals surface area contributed by atoms with Crippen LogP contribution in [0, 0.1) is 0 Å². The van der Waals surface area contributed by atoms with Crippen LogP contribution >= 0.6 is 0 Å². The van der Waals surface area contributed by atoms with Gasteiger partial charge in [0.2, 0.25) is 0 Å². The average Bonchev–Trinajstić information content (AvgIpc) is 2.46. The van der Waals surface area contributed by atoms with Gasteiger partial charge in [0, 0.05) is 10.8 Å². The molecule has 0 heterocycles. The van der Waals surface area contributed by atoms with E-state index in [-0.39, 0.29) is 5.75 Å². The molecule has 0 amide bonds. The Labute approximate surface area is 120 Å². The number of hydrogen-bond donors (Lipinski definition) is 0. The van der Waals surface area contributed by atoms with Gasteiger partial charge in [0.25, 0.3) is 0 Å². The van der Waals surface area contributed by atoms with Crippen molar-refractivity contribution >= 4 is 32.6 Å². The van der Waals surface area contributed by atoms with Crippen LogP contribution in [0.4, 0.5) is 13.2 Å². The Bertz CT molecular complexity index is 789. The number of fused-ring (bicyclic) bond motifs is 2. The van der Waals surface area contributed by atoms with Gasteiger partial charge in [-0.1, -0.05) is 48.5 Å². The normalized spacial score (nSPS) is 13.5. The molecule has 0 radical (unpaired) electrons. The monoisotopic (exact) mass is 310 g/mol. The van der Waals surface area contributed by atoms with Gasteiger partial charge in [0.05, 0.1) is 0 Å². The lowest BCUT2D eigenvalue weighted by molar-refractivity contribution is -0.0436. The van der Waals surface area contributed by atoms with Crippen LogP contribution in [-0.2, 0) is 11.1 Å². The van der Waals surface area contributed by atoms with Crippen molar-refractivity contribution in [3.8, 4) is 5.75 Å². The van der Waals surface area contributed by atoms with E-state index in [2.05, 4.69) is 0 Å². The van der Waals surface area contributed by atoms with Gasteiger partial charge in [-0.15, -0.1) is 0 Å². The Morgan fingerprint density at radius 2 is 1.33 bits per heavy atom. The third kappa shape index (κ3) is 2.58. The van der Waals surface area contributed by atoms with E-state index in [1.54, 1.807) is 48.5 Å². The zero-order chi connectivity index (χ0) is 15.0. The van der Waals surface area contributed by atoms with Gasteiger partial charge in [0.15, 0.2) is 5.75 Å². The molecule has 1 unspecified atom stereocenters. The molecule has 1 atom stereocenters. The Morgan fingerprint density at radius 1 is 0.857 bits per heavy atom. The first-order valence-corrected chi connectivity index (χ1v) is 7.12. The van der Waals surface area contributed by atoms with Gasteiger partial charge in [-0.2, -0.15) is 13.2 Å². The average molecular weight is 310 g/mol. The Kier molecular flexibility index (Phi) is 3.33. The fraction of sp³-hybridized carbons (Fsp3) is 0.0667. The zero-order valence-corrected chi connectivity index (χ0v) is 11.4. The highest BCUT2D eigenvalue weighted by Gasteiger charge is 2.40. The number of alkyl halides is 3. The first kappa shape index (κ1) is 13.9. The molecule has 0 fully saturated rings. The highest BCUT2D eigenvalue weighted by atomic mass is 32.2. The fourth-order valence-corrected chi connectivity index (χ4v) is 2.61. The molecule has 0 bridgehead atoms. The van der Waals surface area contributed by atoms with Crippen LogP contribution in [0.5, 0.6) is 5.75 Å². The SMILES string of the molecule is O=S(Oc1c2ccccc2cc2ccccc12)C(F)(F)F. The van der Waals surface area contributed by atoms with E-state index < -0.39 is 16.6 Å². The number of hydrogen-bond acceptors (Lipinski definition) is 2. The van der Waals surface area contributed by atoms with Crippen LogP contribution in [0.3, 0.4) is 0 Å². The van der Waals surface area contributed by atoms with Gasteiger partial charge < -0.3 is 4.18 Å². The minimum absolute atomic E-state index is 0.0145. The lowest BCUT2D eigenvalue weighted by atomic mass is 10.0. The Hall–Kier alpha value is -2.08. The maximum Gasteiger partial charge on any atom is 0.508 e. The van der Waals surface area contributed by atoms with Crippen molar-refractivity contribution in [2.24, 2.45) is 0 Å². The van der Waals surface area contributed by atoms with Crippen LogP contribution in [0.2, 0.25) is 0 Å². The number of rotatable bonds is 2. The summed E-state index contributed by atoms with van der Waals surface area (Å²) >= 11 is -3.40. The van der Waals surface area contributed by atoms with Crippen LogP contribution in [0.15, 0.2) is 54.6 Å². The van der Waals surface area contributed by atoms with Gasteiger partial charge >= 0.3 is 16.6 Å². The molecule has 0 spiro atoms. The van der Waals surface area contributed by atoms with Crippen LogP contribution in [-0.4, -0.2) is 9.72 Å². The summed E-state index contributed by atoms with van der Waals surface area (Å²) in [7, 11) is 0. The molecule has 2 nitrogen and oxygen atoms in total. The molecule has 0 N–H and O–H groups in total. The lowest BCUT2D eigenvalue weighted by Gasteiger charge is -2.13. The van der Waals surface area contributed by atoms with Gasteiger partial charge in [-0.05, 0) is 16.8 Å². The molecular formula is C15H9F3O2S. The Balaban J connectivity index is 2.28. The van der Waals surface area contributed by atoms with Crippen molar-refractivity contribution in [1.29, 1.82) is 0 Å². The molecule has 21 heavy (non-hydrogen) atoms. The van der Waals surface area contributed by atoms with E-state index in [1.807, 2.05) is 6.07 Å². The van der Waals surface area contributed by atoms with Crippen LogP contribution in [0.1, 0.15) is 0 Å². The van der Waals surface area contributed by atoms with E-state index >= 15 is 0 Å². The molecule has 3 aromatic rings. The van der Waals surface area contributed by atoms with Crippen molar-refractivity contribution in [3.05, 3.63) is 54.6 Å². The first-order valence-electron chi connectivity index (χ1n) is 6.04. The summed E-state index contributed by atoms with van der Waals surface area (Å²) < 4.78 is 53.6. The first-order chi connectivity index (χ1) is 9.97. The van der Waals surface area contributed by atoms with E-state index in [0.29, 0.717) is 10.8 Å². The fourth-order valence-electron chi connectivity index (χ4n) is 2.18. The summed E-state index contributed by atoms with van der Waals surface area (Å²) in [5, 5.41) is 2.44. The summed E-state index contributed by atoms with van der Waals surface area (Å²) in [6, 6.07) is 15.6. The predicted molar refractivity (Wildman–Crippen MR) is 76.3 cm³/mol. The van der Waals surface area contributed by atoms with Crippen molar-refractivity contribution in [2.75, 3.05) is 0 Å². The highest BCUT2D eigenvalue weighted by molar-refractivity contribution is 7.81. The molecular weight excluding hydrogens is 301 g/mol. The summed E-state index contributed by atoms with van der Waals surface area (Å²) in [6.07, 6.45) is 0. The van der Waals surface area contributed by atoms with Crippen molar-refractivity contribution < 1.29 is 21.6 Å². The third-order valence-electron chi connectivity index (χ3n) is 3.07. The number of benzene rings is 3. The largest absolute Gasteiger partial charge is 0.508 e. The van der Waals surface area contributed by atoms with Crippen LogP contribution < -0.4 is 4.18 Å². The second-order valence-corrected chi connectivity index (χ2v) is 5.51. The summed E-state index contributed by atoms with van der Waals surface area (Å²) in [5.74, 6) is -0.0145. The maximum absolute atomic E-state index is 12.5. The molecule has 0 saturated heterocycles. The molecule has 0 aliphatic rings. The minimum atomic E-state index is -4.92. The third-order valence-corrected chi connectivity index (χ3v) is 3.77. The van der Waals surface area contributed by atoms with E-state index in [9.17, 15) is 17.4 Å². The molecule has 108 valence electrons. The number of halogens is 3. The molecule has 3 rings (SSSR count). The molecule has 6 heteroatoms. The van der Waals surface area contributed by atoms with E-state index in [1.165, 1.54) is 0 Å². The smallest absolute Gasteiger partial charge is 0.393 e. The molecule has 0 saturated carbocycles. The quantitative estimate of drug-likeness (QED) is 0.649. The lowest BCUT2D eigenvalue weighted by Crippen LogP contribution is -2.21. The summed E-state index contributed by atoms with van der Waals surface area (Å²) in [4.78, 5) is 0. The van der Waals surface area contributed by atoms with Crippen molar-refractivity contribution in [1.82, 2.24) is 0 Å². The predicted octanol–water partition coefficient (Wildman–Crippen LogP) is 4.56. The molecule has 0 aromatic heterocycles. The highest BCUT2D eigenvalue weighted by Crippen LogP contribution is 2.36. The van der Waals surface area contributed by atoms with Crippen molar-refractivity contribution in [2.45, 2.75) is 5.51 Å². The molecule has 0 aliphatic heterocycles. The second-order valence-electron chi connectivity index (χ2n) is 4.41. The van der Waals surface area contributed by atoms with Gasteiger partial charge in [-0.3, -0.25) is 0 Å². The maximum atomic E-state index is 12.5. The molecule has 0 aliphatic carbocycles. The zero-order valence-electron chi connectivity index (χ0n) is 10.6. The van der Waals surface area contributed by atoms with Gasteiger partial charge in [-0.25, -0.2) is 4.21 Å². The van der Waals surface area contributed by atoms with Crippen molar-refractivity contribution in [3.63, 3.8) is 0 Å². The van der Waals surface area contributed by atoms with E-state index in [4.69, 9.17) is 4.18 Å². The topological polar surface area (TPSA) is 26.3 Å². The van der Waals surface area contributed by atoms with E-state index in [0.717, 1.165) is 10.8 Å². The summed E-state index contributed by atoms with van der Waals surface area (Å²) in [5.41, 5.74) is -4.92. The standard InChI is InChI=1S/C15H9F3O2S/c16-15(17,18)21(19)20-14-12-7-3-1-5-10(12)9-11-6-2-4-8-13(11)14/h1-9H. The van der Waals surface area contributed by atoms with Crippen LogP contribution in [0.25, 0.3) is 21.5 Å².